The van der Waals surface area contributed by atoms with Crippen LogP contribution < -0.4 is 10.9 Å². The number of carbonyl (C=O) groups is 1. The molecule has 1 aliphatic rings. The monoisotopic (exact) mass is 473 g/mol. The standard InChI is InChI=1S/C26H27N5O2S/c1-18-24(25(33)31(29(18)2)21-11-7-4-8-12-21)28-23(32)15-16-34-26-27-17-22(30(26)20-13-14-20)19-9-5-3-6-10-19/h3-12,17,20H,13-16H2,1-2H3,(H,28,32). The molecule has 4 aromatic rings. The Morgan fingerprint density at radius 1 is 1.09 bits per heavy atom. The number of nitrogens with one attached hydrogen (secondary N) is 1. The molecule has 7 nitrogen and oxygen atoms in total. The van der Waals surface area contributed by atoms with Crippen LogP contribution in [0.25, 0.3) is 16.9 Å². The summed E-state index contributed by atoms with van der Waals surface area (Å²) < 4.78 is 5.63. The molecule has 1 amide bonds. The third-order valence-corrected chi connectivity index (χ3v) is 7.09. The van der Waals surface area contributed by atoms with Gasteiger partial charge in [0.25, 0.3) is 5.56 Å². The van der Waals surface area contributed by atoms with Gasteiger partial charge in [-0.15, -0.1) is 0 Å². The van der Waals surface area contributed by atoms with Gasteiger partial charge in [-0.1, -0.05) is 60.3 Å². The van der Waals surface area contributed by atoms with Crippen molar-refractivity contribution in [1.29, 1.82) is 0 Å². The molecule has 0 aliphatic heterocycles. The van der Waals surface area contributed by atoms with E-state index in [1.54, 1.807) is 21.1 Å². The first kappa shape index (κ1) is 22.3. The van der Waals surface area contributed by atoms with Gasteiger partial charge < -0.3 is 9.88 Å². The summed E-state index contributed by atoms with van der Waals surface area (Å²) >= 11 is 1.59. The number of imidazole rings is 1. The Hall–Kier alpha value is -3.52. The van der Waals surface area contributed by atoms with Gasteiger partial charge in [-0.2, -0.15) is 0 Å². The smallest absolute Gasteiger partial charge is 0.295 e. The number of aromatic nitrogens is 4. The Labute approximate surface area is 202 Å². The summed E-state index contributed by atoms with van der Waals surface area (Å²) in [7, 11) is 1.82. The van der Waals surface area contributed by atoms with E-state index in [0.717, 1.165) is 34.9 Å². The molecule has 0 radical (unpaired) electrons. The number of para-hydroxylation sites is 1. The summed E-state index contributed by atoms with van der Waals surface area (Å²) in [5.41, 5.74) is 3.84. The van der Waals surface area contributed by atoms with Crippen LogP contribution in [0.5, 0.6) is 0 Å². The lowest BCUT2D eigenvalue weighted by atomic mass is 10.2. The summed E-state index contributed by atoms with van der Waals surface area (Å²) in [6, 6.07) is 20.2. The minimum atomic E-state index is -0.232. The maximum Gasteiger partial charge on any atom is 0.295 e. The predicted molar refractivity (Wildman–Crippen MR) is 136 cm³/mol. The highest BCUT2D eigenvalue weighted by molar-refractivity contribution is 7.99. The molecule has 0 unspecified atom stereocenters. The number of carbonyl (C=O) groups excluding carboxylic acids is 1. The van der Waals surface area contributed by atoms with E-state index in [1.165, 1.54) is 0 Å². The normalized spacial score (nSPS) is 13.2. The van der Waals surface area contributed by atoms with Crippen molar-refractivity contribution in [2.75, 3.05) is 11.1 Å². The van der Waals surface area contributed by atoms with E-state index in [-0.39, 0.29) is 11.5 Å². The van der Waals surface area contributed by atoms with Crippen LogP contribution in [-0.4, -0.2) is 30.6 Å². The molecular formula is C26H27N5O2S. The van der Waals surface area contributed by atoms with Crippen LogP contribution in [0, 0.1) is 6.92 Å². The Bertz CT molecular complexity index is 1370. The average Bonchev–Trinajstić information content (AvgIpc) is 3.58. The van der Waals surface area contributed by atoms with Crippen LogP contribution in [0.3, 0.4) is 0 Å². The summed E-state index contributed by atoms with van der Waals surface area (Å²) in [6.07, 6.45) is 4.54. The highest BCUT2D eigenvalue weighted by Gasteiger charge is 2.29. The van der Waals surface area contributed by atoms with Gasteiger partial charge >= 0.3 is 0 Å². The first-order chi connectivity index (χ1) is 16.5. The van der Waals surface area contributed by atoms with Crippen LogP contribution in [0.2, 0.25) is 0 Å². The van der Waals surface area contributed by atoms with Crippen molar-refractivity contribution >= 4 is 23.4 Å². The zero-order valence-corrected chi connectivity index (χ0v) is 20.1. The van der Waals surface area contributed by atoms with Crippen LogP contribution in [0.4, 0.5) is 5.69 Å². The molecule has 0 saturated heterocycles. The van der Waals surface area contributed by atoms with Gasteiger partial charge in [0.15, 0.2) is 5.16 Å². The lowest BCUT2D eigenvalue weighted by Crippen LogP contribution is -2.23. The van der Waals surface area contributed by atoms with E-state index in [4.69, 9.17) is 0 Å². The highest BCUT2D eigenvalue weighted by Crippen LogP contribution is 2.41. The number of hydrogen-bond acceptors (Lipinski definition) is 4. The van der Waals surface area contributed by atoms with E-state index in [9.17, 15) is 9.59 Å². The fourth-order valence-electron chi connectivity index (χ4n) is 4.11. The molecule has 0 bridgehead atoms. The van der Waals surface area contributed by atoms with Crippen molar-refractivity contribution in [3.05, 3.63) is 82.9 Å². The van der Waals surface area contributed by atoms with Gasteiger partial charge in [0.1, 0.15) is 5.69 Å². The van der Waals surface area contributed by atoms with Gasteiger partial charge in [0.05, 0.1) is 23.3 Å². The van der Waals surface area contributed by atoms with E-state index in [1.807, 2.05) is 68.7 Å². The van der Waals surface area contributed by atoms with E-state index in [0.29, 0.717) is 29.6 Å². The largest absolute Gasteiger partial charge is 0.320 e. The molecule has 1 aliphatic carbocycles. The summed E-state index contributed by atoms with van der Waals surface area (Å²) in [5.74, 6) is 0.411. The van der Waals surface area contributed by atoms with Gasteiger partial charge in [-0.05, 0) is 37.5 Å². The van der Waals surface area contributed by atoms with Crippen LogP contribution in [0.15, 0.2) is 76.8 Å². The fraction of sp³-hybridized carbons (Fsp3) is 0.269. The third-order valence-electron chi connectivity index (χ3n) is 6.12. The number of thioether (sulfide) groups is 1. The SMILES string of the molecule is Cc1c(NC(=O)CCSc2ncc(-c3ccccc3)n2C2CC2)c(=O)n(-c2ccccc2)n1C. The van der Waals surface area contributed by atoms with E-state index in [2.05, 4.69) is 27.0 Å². The van der Waals surface area contributed by atoms with E-state index >= 15 is 0 Å². The quantitative estimate of drug-likeness (QED) is 0.373. The van der Waals surface area contributed by atoms with Crippen molar-refractivity contribution in [2.45, 2.75) is 37.4 Å². The third kappa shape index (κ3) is 4.33. The van der Waals surface area contributed by atoms with Crippen molar-refractivity contribution in [2.24, 2.45) is 7.05 Å². The summed E-state index contributed by atoms with van der Waals surface area (Å²) in [4.78, 5) is 30.4. The highest BCUT2D eigenvalue weighted by atomic mass is 32.2. The second-order valence-electron chi connectivity index (χ2n) is 8.48. The zero-order chi connectivity index (χ0) is 23.7. The number of nitrogens with zero attached hydrogens (tertiary/aromatic N) is 4. The van der Waals surface area contributed by atoms with Crippen molar-refractivity contribution in [3.8, 4) is 16.9 Å². The molecule has 2 aromatic carbocycles. The lowest BCUT2D eigenvalue weighted by molar-refractivity contribution is -0.115. The lowest BCUT2D eigenvalue weighted by Gasteiger charge is -2.10. The van der Waals surface area contributed by atoms with Crippen LogP contribution in [-0.2, 0) is 11.8 Å². The topological polar surface area (TPSA) is 73.8 Å². The average molecular weight is 474 g/mol. The zero-order valence-electron chi connectivity index (χ0n) is 19.3. The Morgan fingerprint density at radius 2 is 1.76 bits per heavy atom. The molecule has 1 saturated carbocycles. The Kier molecular flexibility index (Phi) is 6.15. The predicted octanol–water partition coefficient (Wildman–Crippen LogP) is 4.80. The molecular weight excluding hydrogens is 446 g/mol. The minimum absolute atomic E-state index is 0.175. The molecule has 0 spiro atoms. The number of benzene rings is 2. The van der Waals surface area contributed by atoms with Gasteiger partial charge in [0.2, 0.25) is 5.91 Å². The molecule has 2 heterocycles. The number of hydrogen-bond donors (Lipinski definition) is 1. The molecule has 8 heteroatoms. The number of anilines is 1. The molecule has 34 heavy (non-hydrogen) atoms. The van der Waals surface area contributed by atoms with Gasteiger partial charge in [-0.25, -0.2) is 9.67 Å². The molecule has 174 valence electrons. The first-order valence-corrected chi connectivity index (χ1v) is 12.4. The Morgan fingerprint density at radius 3 is 2.44 bits per heavy atom. The Balaban J connectivity index is 1.26. The van der Waals surface area contributed by atoms with Gasteiger partial charge in [-0.3, -0.25) is 14.3 Å². The minimum Gasteiger partial charge on any atom is -0.320 e. The molecule has 2 aromatic heterocycles. The van der Waals surface area contributed by atoms with Crippen molar-refractivity contribution in [3.63, 3.8) is 0 Å². The van der Waals surface area contributed by atoms with Crippen LogP contribution in [0.1, 0.15) is 31.0 Å². The number of rotatable bonds is 8. The summed E-state index contributed by atoms with van der Waals surface area (Å²) in [6.45, 7) is 1.84. The fourth-order valence-corrected chi connectivity index (χ4v) is 5.09. The van der Waals surface area contributed by atoms with Crippen molar-refractivity contribution < 1.29 is 4.79 Å². The van der Waals surface area contributed by atoms with Gasteiger partial charge in [0, 0.05) is 25.3 Å². The molecule has 0 atom stereocenters. The summed E-state index contributed by atoms with van der Waals surface area (Å²) in [5, 5.41) is 3.78. The molecule has 1 N–H and O–H groups in total. The second-order valence-corrected chi connectivity index (χ2v) is 9.54. The van der Waals surface area contributed by atoms with E-state index < -0.39 is 0 Å². The maximum absolute atomic E-state index is 13.0. The maximum atomic E-state index is 13.0. The first-order valence-electron chi connectivity index (χ1n) is 11.4. The molecule has 1 fully saturated rings. The number of amides is 1. The second kappa shape index (κ2) is 9.38. The molecule has 5 rings (SSSR count). The van der Waals surface area contributed by atoms with Crippen molar-refractivity contribution in [1.82, 2.24) is 18.9 Å². The van der Waals surface area contributed by atoms with Crippen LogP contribution >= 0.6 is 11.8 Å².